The van der Waals surface area contributed by atoms with Crippen LogP contribution in [-0.2, 0) is 11.3 Å². The average molecular weight is 276 g/mol. The number of rotatable bonds is 4. The van der Waals surface area contributed by atoms with Crippen LogP contribution in [0.25, 0.3) is 0 Å². The Kier molecular flexibility index (Phi) is 5.12. The Bertz CT molecular complexity index is 451. The van der Waals surface area contributed by atoms with Crippen molar-refractivity contribution in [2.75, 3.05) is 32.8 Å². The number of aldehydes is 1. The number of nitrogens with zero attached hydrogens (tertiary/aromatic N) is 2. The molecule has 0 atom stereocenters. The molecule has 1 aliphatic heterocycles. The van der Waals surface area contributed by atoms with E-state index < -0.39 is 0 Å². The zero-order valence-corrected chi connectivity index (χ0v) is 11.7. The van der Waals surface area contributed by atoms with E-state index in [1.807, 2.05) is 31.2 Å². The lowest BCUT2D eigenvalue weighted by molar-refractivity contribution is 0.0778. The van der Waals surface area contributed by atoms with E-state index in [1.165, 1.54) is 5.56 Å². The lowest BCUT2D eigenvalue weighted by Gasteiger charge is -2.34. The fraction of sp³-hybridized carbons (Fsp3) is 0.467. The first-order chi connectivity index (χ1) is 9.72. The lowest BCUT2D eigenvalue weighted by Crippen LogP contribution is -2.48. The standard InChI is InChI=1S/C15H20N2O3/c1-2-20-15(19)17-9-7-16(8-10-17)11-13-3-5-14(12-18)6-4-13/h3-6,12H,2,7-11H2,1H3. The molecule has 1 aromatic carbocycles. The SMILES string of the molecule is CCOC(=O)N1CCN(Cc2ccc(C=O)cc2)CC1. The summed E-state index contributed by atoms with van der Waals surface area (Å²) in [6.45, 7) is 6.16. The Balaban J connectivity index is 1.81. The topological polar surface area (TPSA) is 49.9 Å². The van der Waals surface area contributed by atoms with Crippen LogP contribution in [0.1, 0.15) is 22.8 Å². The number of ether oxygens (including phenoxy) is 1. The predicted octanol–water partition coefficient (Wildman–Crippen LogP) is 1.77. The molecule has 0 aliphatic carbocycles. The second-order valence-corrected chi connectivity index (χ2v) is 4.82. The van der Waals surface area contributed by atoms with E-state index in [9.17, 15) is 9.59 Å². The van der Waals surface area contributed by atoms with Crippen molar-refractivity contribution < 1.29 is 14.3 Å². The minimum Gasteiger partial charge on any atom is -0.450 e. The maximum atomic E-state index is 11.6. The van der Waals surface area contributed by atoms with Crippen LogP contribution in [0, 0.1) is 0 Å². The summed E-state index contributed by atoms with van der Waals surface area (Å²) in [7, 11) is 0. The van der Waals surface area contributed by atoms with E-state index in [1.54, 1.807) is 4.90 Å². The first-order valence-corrected chi connectivity index (χ1v) is 6.91. The van der Waals surface area contributed by atoms with Crippen LogP contribution in [0.15, 0.2) is 24.3 Å². The summed E-state index contributed by atoms with van der Waals surface area (Å²) in [4.78, 5) is 26.2. The van der Waals surface area contributed by atoms with Gasteiger partial charge in [-0.3, -0.25) is 9.69 Å². The zero-order chi connectivity index (χ0) is 14.4. The molecule has 1 aromatic rings. The Morgan fingerprint density at radius 3 is 2.40 bits per heavy atom. The van der Waals surface area contributed by atoms with Gasteiger partial charge in [0.05, 0.1) is 6.61 Å². The molecular weight excluding hydrogens is 256 g/mol. The van der Waals surface area contributed by atoms with Gasteiger partial charge < -0.3 is 9.64 Å². The summed E-state index contributed by atoms with van der Waals surface area (Å²) in [6.07, 6.45) is 0.629. The lowest BCUT2D eigenvalue weighted by atomic mass is 10.1. The number of hydrogen-bond acceptors (Lipinski definition) is 4. The van der Waals surface area contributed by atoms with E-state index in [4.69, 9.17) is 4.74 Å². The van der Waals surface area contributed by atoms with Crippen LogP contribution >= 0.6 is 0 Å². The molecule has 0 unspecified atom stereocenters. The number of amides is 1. The average Bonchev–Trinajstić information content (AvgIpc) is 2.49. The molecule has 0 aromatic heterocycles. The van der Waals surface area contributed by atoms with E-state index in [0.717, 1.165) is 25.9 Å². The van der Waals surface area contributed by atoms with Gasteiger partial charge in [0.15, 0.2) is 0 Å². The first kappa shape index (κ1) is 14.5. The Morgan fingerprint density at radius 2 is 1.85 bits per heavy atom. The smallest absolute Gasteiger partial charge is 0.409 e. The van der Waals surface area contributed by atoms with Gasteiger partial charge in [0, 0.05) is 38.3 Å². The van der Waals surface area contributed by atoms with Crippen LogP contribution in [0.4, 0.5) is 4.79 Å². The van der Waals surface area contributed by atoms with Gasteiger partial charge in [-0.2, -0.15) is 0 Å². The molecule has 20 heavy (non-hydrogen) atoms. The van der Waals surface area contributed by atoms with Crippen molar-refractivity contribution in [1.29, 1.82) is 0 Å². The Labute approximate surface area is 119 Å². The maximum absolute atomic E-state index is 11.6. The first-order valence-electron chi connectivity index (χ1n) is 6.91. The highest BCUT2D eigenvalue weighted by atomic mass is 16.6. The third-order valence-corrected chi connectivity index (χ3v) is 3.42. The molecule has 0 saturated carbocycles. The molecule has 1 amide bonds. The van der Waals surface area contributed by atoms with Gasteiger partial charge in [-0.1, -0.05) is 24.3 Å². The van der Waals surface area contributed by atoms with Gasteiger partial charge in [-0.05, 0) is 12.5 Å². The van der Waals surface area contributed by atoms with Crippen molar-refractivity contribution in [3.05, 3.63) is 35.4 Å². The van der Waals surface area contributed by atoms with Crippen LogP contribution in [0.3, 0.4) is 0 Å². The monoisotopic (exact) mass is 276 g/mol. The highest BCUT2D eigenvalue weighted by molar-refractivity contribution is 5.74. The van der Waals surface area contributed by atoms with E-state index in [-0.39, 0.29) is 6.09 Å². The van der Waals surface area contributed by atoms with Gasteiger partial charge in [0.1, 0.15) is 6.29 Å². The number of carbonyl (C=O) groups excluding carboxylic acids is 2. The molecule has 1 saturated heterocycles. The second-order valence-electron chi connectivity index (χ2n) is 4.82. The Hall–Kier alpha value is -1.88. The molecule has 1 aliphatic rings. The van der Waals surface area contributed by atoms with E-state index in [2.05, 4.69) is 4.90 Å². The molecule has 1 heterocycles. The fourth-order valence-electron chi connectivity index (χ4n) is 2.26. The summed E-state index contributed by atoms with van der Waals surface area (Å²) in [5, 5.41) is 0. The molecule has 5 heteroatoms. The molecule has 5 nitrogen and oxygen atoms in total. The minimum absolute atomic E-state index is 0.220. The number of benzene rings is 1. The van der Waals surface area contributed by atoms with Gasteiger partial charge in [-0.25, -0.2) is 4.79 Å². The molecular formula is C15H20N2O3. The molecule has 0 bridgehead atoms. The summed E-state index contributed by atoms with van der Waals surface area (Å²) < 4.78 is 5.00. The van der Waals surface area contributed by atoms with Crippen molar-refractivity contribution in [3.63, 3.8) is 0 Å². The summed E-state index contributed by atoms with van der Waals surface area (Å²) in [5.41, 5.74) is 1.88. The minimum atomic E-state index is -0.220. The maximum Gasteiger partial charge on any atom is 0.409 e. The number of carbonyl (C=O) groups is 2. The van der Waals surface area contributed by atoms with Gasteiger partial charge in [0.25, 0.3) is 0 Å². The normalized spacial score (nSPS) is 15.9. The quantitative estimate of drug-likeness (QED) is 0.786. The molecule has 2 rings (SSSR count). The van der Waals surface area contributed by atoms with Crippen molar-refractivity contribution in [1.82, 2.24) is 9.80 Å². The van der Waals surface area contributed by atoms with Gasteiger partial charge >= 0.3 is 6.09 Å². The van der Waals surface area contributed by atoms with Crippen molar-refractivity contribution in [2.45, 2.75) is 13.5 Å². The highest BCUT2D eigenvalue weighted by Crippen LogP contribution is 2.10. The number of piperazine rings is 1. The predicted molar refractivity (Wildman–Crippen MR) is 75.7 cm³/mol. The van der Waals surface area contributed by atoms with E-state index in [0.29, 0.717) is 25.3 Å². The largest absolute Gasteiger partial charge is 0.450 e. The fourth-order valence-corrected chi connectivity index (χ4v) is 2.26. The van der Waals surface area contributed by atoms with Crippen molar-refractivity contribution in [2.24, 2.45) is 0 Å². The molecule has 108 valence electrons. The third-order valence-electron chi connectivity index (χ3n) is 3.42. The number of hydrogen-bond donors (Lipinski definition) is 0. The molecule has 0 spiro atoms. The summed E-state index contributed by atoms with van der Waals surface area (Å²) >= 11 is 0. The Morgan fingerprint density at radius 1 is 1.20 bits per heavy atom. The van der Waals surface area contributed by atoms with Crippen molar-refractivity contribution in [3.8, 4) is 0 Å². The highest BCUT2D eigenvalue weighted by Gasteiger charge is 2.21. The van der Waals surface area contributed by atoms with Crippen LogP contribution in [0.2, 0.25) is 0 Å². The molecule has 0 N–H and O–H groups in total. The zero-order valence-electron chi connectivity index (χ0n) is 11.7. The van der Waals surface area contributed by atoms with Crippen LogP contribution in [0.5, 0.6) is 0 Å². The van der Waals surface area contributed by atoms with Crippen LogP contribution in [-0.4, -0.2) is 55.0 Å². The second kappa shape index (κ2) is 7.05. The van der Waals surface area contributed by atoms with E-state index >= 15 is 0 Å². The summed E-state index contributed by atoms with van der Waals surface area (Å²) in [6, 6.07) is 7.61. The van der Waals surface area contributed by atoms with Gasteiger partial charge in [0.2, 0.25) is 0 Å². The van der Waals surface area contributed by atoms with Crippen molar-refractivity contribution >= 4 is 12.4 Å². The van der Waals surface area contributed by atoms with Gasteiger partial charge in [-0.15, -0.1) is 0 Å². The van der Waals surface area contributed by atoms with Crippen LogP contribution < -0.4 is 0 Å². The third kappa shape index (κ3) is 3.81. The molecule has 0 radical (unpaired) electrons. The summed E-state index contributed by atoms with van der Waals surface area (Å²) in [5.74, 6) is 0. The molecule has 1 fully saturated rings.